The van der Waals surface area contributed by atoms with Gasteiger partial charge in [-0.05, 0) is 36.4 Å². The summed E-state index contributed by atoms with van der Waals surface area (Å²) in [6, 6.07) is 0. The van der Waals surface area contributed by atoms with Gasteiger partial charge in [0.2, 0.25) is 0 Å². The summed E-state index contributed by atoms with van der Waals surface area (Å²) in [4.78, 5) is 2.11. The van der Waals surface area contributed by atoms with Gasteiger partial charge < -0.3 is 10.0 Å². The summed E-state index contributed by atoms with van der Waals surface area (Å²) in [5.41, 5.74) is 0.903. The van der Waals surface area contributed by atoms with Gasteiger partial charge in [0.1, 0.15) is 0 Å². The first-order valence-corrected chi connectivity index (χ1v) is 6.89. The van der Waals surface area contributed by atoms with Crippen LogP contribution in [-0.2, 0) is 6.54 Å². The van der Waals surface area contributed by atoms with E-state index in [-0.39, 0.29) is 0 Å². The van der Waals surface area contributed by atoms with Gasteiger partial charge in [-0.1, -0.05) is 19.8 Å². The van der Waals surface area contributed by atoms with Crippen LogP contribution in [-0.4, -0.2) is 40.4 Å². The van der Waals surface area contributed by atoms with Gasteiger partial charge in [-0.3, -0.25) is 4.68 Å². The minimum atomic E-state index is -0.422. The molecule has 1 heterocycles. The van der Waals surface area contributed by atoms with Gasteiger partial charge in [0.15, 0.2) is 0 Å². The number of rotatable bonds is 7. The molecule has 0 saturated heterocycles. The smallest absolute Gasteiger partial charge is 0.0968 e. The third-order valence-corrected chi connectivity index (χ3v) is 3.35. The topological polar surface area (TPSA) is 41.3 Å². The second-order valence-electron chi connectivity index (χ2n) is 4.56. The van der Waals surface area contributed by atoms with Crippen LogP contribution in [0.5, 0.6) is 0 Å². The molecule has 98 valence electrons. The van der Waals surface area contributed by atoms with E-state index in [2.05, 4.69) is 32.9 Å². The maximum Gasteiger partial charge on any atom is 0.0968 e. The Balaban J connectivity index is 2.71. The van der Waals surface area contributed by atoms with E-state index in [0.717, 1.165) is 42.5 Å². The molecule has 0 aliphatic heterocycles. The molecule has 0 aliphatic carbocycles. The summed E-state index contributed by atoms with van der Waals surface area (Å²) in [5, 5.41) is 14.5. The van der Waals surface area contributed by atoms with Crippen molar-refractivity contribution in [3.63, 3.8) is 0 Å². The average molecular weight is 304 g/mol. The lowest BCUT2D eigenvalue weighted by molar-refractivity contribution is 0.151. The van der Waals surface area contributed by atoms with E-state index in [9.17, 15) is 5.11 Å². The fraction of sp³-hybridized carbons (Fsp3) is 0.750. The van der Waals surface area contributed by atoms with E-state index in [1.165, 1.54) is 0 Å². The van der Waals surface area contributed by atoms with E-state index in [4.69, 9.17) is 0 Å². The lowest BCUT2D eigenvalue weighted by Crippen LogP contribution is -2.21. The van der Waals surface area contributed by atoms with Gasteiger partial charge in [0.25, 0.3) is 0 Å². The van der Waals surface area contributed by atoms with Crippen LogP contribution < -0.4 is 0 Å². The molecule has 1 unspecified atom stereocenters. The van der Waals surface area contributed by atoms with Crippen LogP contribution in [0.2, 0.25) is 0 Å². The first-order valence-electron chi connectivity index (χ1n) is 6.10. The first kappa shape index (κ1) is 14.7. The minimum absolute atomic E-state index is 0.422. The Morgan fingerprint density at radius 1 is 1.53 bits per heavy atom. The highest BCUT2D eigenvalue weighted by atomic mass is 79.9. The van der Waals surface area contributed by atoms with E-state index in [0.29, 0.717) is 0 Å². The molecule has 1 aromatic heterocycles. The Labute approximate surface area is 112 Å². The number of hydrogen-bond acceptors (Lipinski definition) is 3. The molecule has 1 atom stereocenters. The van der Waals surface area contributed by atoms with E-state index >= 15 is 0 Å². The Morgan fingerprint density at radius 2 is 2.24 bits per heavy atom. The summed E-state index contributed by atoms with van der Waals surface area (Å²) in [6.45, 7) is 3.85. The van der Waals surface area contributed by atoms with Crippen LogP contribution in [0.3, 0.4) is 0 Å². The molecular weight excluding hydrogens is 282 g/mol. The van der Waals surface area contributed by atoms with Crippen molar-refractivity contribution in [3.8, 4) is 0 Å². The summed E-state index contributed by atoms with van der Waals surface area (Å²) in [7, 11) is 4.07. The molecule has 17 heavy (non-hydrogen) atoms. The molecule has 0 aliphatic rings. The molecule has 0 spiro atoms. The number of aliphatic hydroxyl groups excluding tert-OH is 1. The van der Waals surface area contributed by atoms with Crippen LogP contribution in [0.1, 0.15) is 38.0 Å². The van der Waals surface area contributed by atoms with E-state index in [1.807, 2.05) is 18.8 Å². The molecular formula is C12H22BrN3O. The maximum atomic E-state index is 10.2. The largest absolute Gasteiger partial charge is 0.387 e. The van der Waals surface area contributed by atoms with Crippen LogP contribution in [0.15, 0.2) is 10.7 Å². The highest BCUT2D eigenvalue weighted by Crippen LogP contribution is 2.26. The Bertz CT molecular complexity index is 338. The summed E-state index contributed by atoms with van der Waals surface area (Å²) in [6.07, 6.45) is 4.27. The lowest BCUT2D eigenvalue weighted by Gasteiger charge is -2.15. The second-order valence-corrected chi connectivity index (χ2v) is 5.42. The first-order chi connectivity index (χ1) is 8.06. The molecule has 1 rings (SSSR count). The average Bonchev–Trinajstić information content (AvgIpc) is 2.64. The molecule has 5 heteroatoms. The summed E-state index contributed by atoms with van der Waals surface area (Å²) >= 11 is 3.46. The van der Waals surface area contributed by atoms with Crippen molar-refractivity contribution in [3.05, 3.63) is 16.4 Å². The highest BCUT2D eigenvalue weighted by Gasteiger charge is 2.17. The zero-order chi connectivity index (χ0) is 12.8. The molecule has 0 radical (unpaired) electrons. The molecule has 0 fully saturated rings. The number of likely N-dealkylation sites (N-methyl/N-ethyl adjacent to an activating group) is 1. The van der Waals surface area contributed by atoms with Crippen LogP contribution >= 0.6 is 15.9 Å². The normalized spacial score (nSPS) is 13.3. The minimum Gasteiger partial charge on any atom is -0.387 e. The monoisotopic (exact) mass is 303 g/mol. The Morgan fingerprint density at radius 3 is 2.82 bits per heavy atom. The van der Waals surface area contributed by atoms with Crippen molar-refractivity contribution in [1.82, 2.24) is 14.7 Å². The molecule has 1 aromatic rings. The fourth-order valence-electron chi connectivity index (χ4n) is 1.71. The van der Waals surface area contributed by atoms with Crippen molar-refractivity contribution in [2.45, 2.75) is 38.8 Å². The number of nitrogens with zero attached hydrogens (tertiary/aromatic N) is 3. The van der Waals surface area contributed by atoms with Crippen molar-refractivity contribution in [2.75, 3.05) is 20.6 Å². The molecule has 4 nitrogen and oxygen atoms in total. The second kappa shape index (κ2) is 7.13. The number of halogens is 1. The Hall–Kier alpha value is -0.390. The number of hydrogen-bond donors (Lipinski definition) is 1. The molecule has 0 amide bonds. The SMILES string of the molecule is CCCCC(O)c1c(Br)cnn1CCN(C)C. The van der Waals surface area contributed by atoms with E-state index < -0.39 is 6.10 Å². The highest BCUT2D eigenvalue weighted by molar-refractivity contribution is 9.10. The van der Waals surface area contributed by atoms with Gasteiger partial charge in [-0.25, -0.2) is 0 Å². The maximum absolute atomic E-state index is 10.2. The third-order valence-electron chi connectivity index (χ3n) is 2.74. The van der Waals surface area contributed by atoms with Crippen molar-refractivity contribution in [2.24, 2.45) is 0 Å². The molecule has 0 aromatic carbocycles. The number of aliphatic hydroxyl groups is 1. The van der Waals surface area contributed by atoms with Gasteiger partial charge >= 0.3 is 0 Å². The quantitative estimate of drug-likeness (QED) is 0.841. The van der Waals surface area contributed by atoms with Crippen LogP contribution in [0.25, 0.3) is 0 Å². The van der Waals surface area contributed by atoms with Crippen LogP contribution in [0, 0.1) is 0 Å². The fourth-order valence-corrected chi connectivity index (χ4v) is 2.27. The predicted octanol–water partition coefficient (Wildman–Crippen LogP) is 2.43. The van der Waals surface area contributed by atoms with Gasteiger partial charge in [-0.2, -0.15) is 5.10 Å². The van der Waals surface area contributed by atoms with Gasteiger partial charge in [-0.15, -0.1) is 0 Å². The van der Waals surface area contributed by atoms with Crippen LogP contribution in [0.4, 0.5) is 0 Å². The van der Waals surface area contributed by atoms with Crippen molar-refractivity contribution in [1.29, 1.82) is 0 Å². The van der Waals surface area contributed by atoms with Gasteiger partial charge in [0, 0.05) is 6.54 Å². The van der Waals surface area contributed by atoms with Crippen molar-refractivity contribution >= 4 is 15.9 Å². The molecule has 1 N–H and O–H groups in total. The van der Waals surface area contributed by atoms with Crippen molar-refractivity contribution < 1.29 is 5.11 Å². The van der Waals surface area contributed by atoms with E-state index in [1.54, 1.807) is 6.20 Å². The Kier molecular flexibility index (Phi) is 6.16. The third kappa shape index (κ3) is 4.41. The standard InChI is InChI=1S/C12H22BrN3O/c1-4-5-6-11(17)12-10(13)9-14-16(12)8-7-15(2)3/h9,11,17H,4-8H2,1-3H3. The summed E-state index contributed by atoms with van der Waals surface area (Å²) in [5.74, 6) is 0. The molecule has 0 bridgehead atoms. The lowest BCUT2D eigenvalue weighted by atomic mass is 10.1. The predicted molar refractivity (Wildman–Crippen MR) is 73.0 cm³/mol. The van der Waals surface area contributed by atoms with Gasteiger partial charge in [0.05, 0.1) is 29.0 Å². The number of unbranched alkanes of at least 4 members (excludes halogenated alkanes) is 1. The zero-order valence-corrected chi connectivity index (χ0v) is 12.4. The number of aromatic nitrogens is 2. The zero-order valence-electron chi connectivity index (χ0n) is 10.9. The molecule has 0 saturated carbocycles. The summed E-state index contributed by atoms with van der Waals surface area (Å²) < 4.78 is 2.80.